The average Bonchev–Trinajstić information content (AvgIpc) is 3.22. The van der Waals surface area contributed by atoms with Crippen molar-refractivity contribution in [2.24, 2.45) is 11.8 Å². The molecule has 162 valence electrons. The summed E-state index contributed by atoms with van der Waals surface area (Å²) in [5.41, 5.74) is 2.89. The van der Waals surface area contributed by atoms with Crippen LogP contribution >= 0.6 is 0 Å². The lowest BCUT2D eigenvalue weighted by Gasteiger charge is -2.27. The van der Waals surface area contributed by atoms with Gasteiger partial charge < -0.3 is 19.4 Å². The normalized spacial score (nSPS) is 21.6. The van der Waals surface area contributed by atoms with E-state index in [1.807, 2.05) is 29.2 Å². The van der Waals surface area contributed by atoms with Crippen molar-refractivity contribution in [3.8, 4) is 17.2 Å². The molecule has 9 heteroatoms. The van der Waals surface area contributed by atoms with E-state index >= 15 is 0 Å². The molecule has 1 amide bonds. The largest absolute Gasteiger partial charge is 0.497 e. The third kappa shape index (κ3) is 2.92. The minimum absolute atomic E-state index is 0.0774. The van der Waals surface area contributed by atoms with E-state index in [-0.39, 0.29) is 11.9 Å². The average molecular weight is 430 g/mol. The highest BCUT2D eigenvalue weighted by atomic mass is 16.5. The van der Waals surface area contributed by atoms with E-state index in [1.54, 1.807) is 38.7 Å². The molecule has 6 rings (SSSR count). The molecule has 1 saturated heterocycles. The summed E-state index contributed by atoms with van der Waals surface area (Å²) in [7, 11) is 3.23. The van der Waals surface area contributed by atoms with E-state index in [0.29, 0.717) is 35.4 Å². The van der Waals surface area contributed by atoms with Crippen LogP contribution in [0.25, 0.3) is 16.7 Å². The second-order valence-corrected chi connectivity index (χ2v) is 8.27. The lowest BCUT2D eigenvalue weighted by molar-refractivity contribution is 0.0698. The highest BCUT2D eigenvalue weighted by Gasteiger charge is 2.55. The van der Waals surface area contributed by atoms with Gasteiger partial charge in [-0.05, 0) is 48.6 Å². The smallest absolute Gasteiger partial charge is 0.256 e. The van der Waals surface area contributed by atoms with Crippen molar-refractivity contribution in [3.05, 3.63) is 60.2 Å². The van der Waals surface area contributed by atoms with Crippen molar-refractivity contribution in [1.82, 2.24) is 29.9 Å². The number of nitrogens with one attached hydrogen (secondary N) is 1. The number of benzene rings is 2. The predicted octanol–water partition coefficient (Wildman–Crippen LogP) is 2.99. The second-order valence-electron chi connectivity index (χ2n) is 8.27. The number of H-pyrrole nitrogens is 1. The minimum atomic E-state index is -0.101. The molecule has 1 saturated carbocycles. The molecular weight excluding hydrogens is 408 g/mol. The Morgan fingerprint density at radius 1 is 1.06 bits per heavy atom. The Morgan fingerprint density at radius 2 is 1.81 bits per heavy atom. The molecule has 2 fully saturated rings. The number of methoxy groups -OCH3 is 2. The molecule has 0 unspecified atom stereocenters. The summed E-state index contributed by atoms with van der Waals surface area (Å²) < 4.78 is 10.7. The Labute approximate surface area is 184 Å². The van der Waals surface area contributed by atoms with Crippen LogP contribution < -0.4 is 9.47 Å². The number of fused-ring (bicyclic) bond motifs is 2. The molecule has 0 bridgehead atoms. The molecule has 1 aliphatic heterocycles. The Morgan fingerprint density at radius 3 is 2.59 bits per heavy atom. The maximum atomic E-state index is 13.8. The Bertz CT molecular complexity index is 1310. The van der Waals surface area contributed by atoms with Crippen LogP contribution in [0.1, 0.15) is 28.6 Å². The van der Waals surface area contributed by atoms with Crippen LogP contribution in [-0.2, 0) is 0 Å². The van der Waals surface area contributed by atoms with Crippen LogP contribution in [0.5, 0.6) is 11.5 Å². The highest BCUT2D eigenvalue weighted by molar-refractivity contribution is 5.98. The van der Waals surface area contributed by atoms with E-state index in [1.165, 1.54) is 4.80 Å². The molecule has 2 aliphatic rings. The molecular formula is C23H22N6O3. The van der Waals surface area contributed by atoms with Gasteiger partial charge in [-0.1, -0.05) is 0 Å². The summed E-state index contributed by atoms with van der Waals surface area (Å²) in [5.74, 6) is 3.03. The fourth-order valence-electron chi connectivity index (χ4n) is 4.78. The van der Waals surface area contributed by atoms with Crippen LogP contribution in [0.3, 0.4) is 0 Å². The maximum Gasteiger partial charge on any atom is 0.256 e. The number of piperidine rings is 1. The fraction of sp³-hybridized carbons (Fsp3) is 0.304. The zero-order chi connectivity index (χ0) is 21.8. The van der Waals surface area contributed by atoms with Crippen LogP contribution in [0.15, 0.2) is 48.8 Å². The van der Waals surface area contributed by atoms with Crippen molar-refractivity contribution < 1.29 is 14.3 Å². The fourth-order valence-corrected chi connectivity index (χ4v) is 4.78. The number of amides is 1. The van der Waals surface area contributed by atoms with Gasteiger partial charge in [0.05, 0.1) is 54.9 Å². The predicted molar refractivity (Wildman–Crippen MR) is 116 cm³/mol. The van der Waals surface area contributed by atoms with E-state index in [4.69, 9.17) is 14.5 Å². The third-order valence-corrected chi connectivity index (χ3v) is 6.47. The van der Waals surface area contributed by atoms with Crippen molar-refractivity contribution in [2.45, 2.75) is 12.5 Å². The molecule has 3 atom stereocenters. The zero-order valence-corrected chi connectivity index (χ0v) is 17.7. The molecule has 0 spiro atoms. The lowest BCUT2D eigenvalue weighted by atomic mass is 10.1. The first-order chi connectivity index (χ1) is 15.7. The first-order valence-corrected chi connectivity index (χ1v) is 10.6. The van der Waals surface area contributed by atoms with Crippen LogP contribution in [0.4, 0.5) is 0 Å². The van der Waals surface area contributed by atoms with E-state index in [0.717, 1.165) is 29.0 Å². The molecule has 1 aliphatic carbocycles. The number of nitrogens with zero attached hydrogens (tertiary/aromatic N) is 5. The summed E-state index contributed by atoms with van der Waals surface area (Å²) in [6.45, 7) is 0.706. The van der Waals surface area contributed by atoms with Crippen LogP contribution in [-0.4, -0.2) is 56.5 Å². The number of aromatic amines is 1. The number of likely N-dealkylation sites (tertiary alicyclic amines) is 1. The van der Waals surface area contributed by atoms with Crippen LogP contribution in [0, 0.1) is 11.8 Å². The van der Waals surface area contributed by atoms with E-state index in [9.17, 15) is 4.79 Å². The Hall–Kier alpha value is -3.88. The van der Waals surface area contributed by atoms with Gasteiger partial charge in [-0.2, -0.15) is 15.0 Å². The SMILES string of the molecule is COc1ccc(-n2nccn2)c(C(=O)N2C[C@@H]3C[C@@H]3[C@H]2c2nc3ccc(OC)cc3[nH]2)c1. The molecule has 2 aromatic heterocycles. The third-order valence-electron chi connectivity index (χ3n) is 6.47. The van der Waals surface area contributed by atoms with Gasteiger partial charge in [0.15, 0.2) is 0 Å². The summed E-state index contributed by atoms with van der Waals surface area (Å²) in [5, 5.41) is 8.44. The number of carbonyl (C=O) groups is 1. The molecule has 1 N–H and O–H groups in total. The first-order valence-electron chi connectivity index (χ1n) is 10.6. The maximum absolute atomic E-state index is 13.8. The van der Waals surface area contributed by atoms with Gasteiger partial charge in [0.25, 0.3) is 5.91 Å². The molecule has 0 radical (unpaired) electrons. The van der Waals surface area contributed by atoms with Gasteiger partial charge in [0, 0.05) is 12.6 Å². The van der Waals surface area contributed by atoms with E-state index in [2.05, 4.69) is 15.2 Å². The van der Waals surface area contributed by atoms with Gasteiger partial charge in [-0.25, -0.2) is 4.98 Å². The Kier molecular flexibility index (Phi) is 4.17. The summed E-state index contributed by atoms with van der Waals surface area (Å²) in [4.78, 5) is 25.5. The molecule has 9 nitrogen and oxygen atoms in total. The van der Waals surface area contributed by atoms with Crippen molar-refractivity contribution in [1.29, 1.82) is 0 Å². The molecule has 2 aromatic carbocycles. The highest BCUT2D eigenvalue weighted by Crippen LogP contribution is 2.56. The summed E-state index contributed by atoms with van der Waals surface area (Å²) >= 11 is 0. The number of hydrogen-bond acceptors (Lipinski definition) is 6. The zero-order valence-electron chi connectivity index (χ0n) is 17.7. The van der Waals surface area contributed by atoms with Gasteiger partial charge in [-0.15, -0.1) is 0 Å². The van der Waals surface area contributed by atoms with Crippen LogP contribution in [0.2, 0.25) is 0 Å². The molecule has 3 heterocycles. The number of ether oxygens (including phenoxy) is 2. The quantitative estimate of drug-likeness (QED) is 0.523. The monoisotopic (exact) mass is 430 g/mol. The number of imidazole rings is 1. The standard InChI is InChI=1S/C23H22N6O3/c1-31-14-4-6-20(29-24-7-8-25-29)17(10-14)23(30)28-12-13-9-16(13)21(28)22-26-18-5-3-15(32-2)11-19(18)27-22/h3-8,10-11,13,16,21H,9,12H2,1-2H3,(H,26,27)/t13-,16-,21-/m0/s1. The second kappa shape index (κ2) is 7.08. The van der Waals surface area contributed by atoms with Gasteiger partial charge >= 0.3 is 0 Å². The number of hydrogen-bond donors (Lipinski definition) is 1. The topological polar surface area (TPSA) is 98.2 Å². The summed E-state index contributed by atoms with van der Waals surface area (Å²) in [6.07, 6.45) is 4.30. The lowest BCUT2D eigenvalue weighted by Crippen LogP contribution is -2.34. The van der Waals surface area contributed by atoms with Crippen molar-refractivity contribution >= 4 is 16.9 Å². The number of rotatable bonds is 5. The Balaban J connectivity index is 1.40. The van der Waals surface area contributed by atoms with Crippen molar-refractivity contribution in [3.63, 3.8) is 0 Å². The van der Waals surface area contributed by atoms with Gasteiger partial charge in [-0.3, -0.25) is 4.79 Å². The number of carbonyl (C=O) groups excluding carboxylic acids is 1. The van der Waals surface area contributed by atoms with Gasteiger partial charge in [0.2, 0.25) is 0 Å². The number of aromatic nitrogens is 5. The first kappa shape index (κ1) is 18.9. The van der Waals surface area contributed by atoms with E-state index < -0.39 is 0 Å². The molecule has 4 aromatic rings. The minimum Gasteiger partial charge on any atom is -0.497 e. The van der Waals surface area contributed by atoms with Crippen molar-refractivity contribution in [2.75, 3.05) is 20.8 Å². The van der Waals surface area contributed by atoms with Gasteiger partial charge in [0.1, 0.15) is 17.3 Å². The summed E-state index contributed by atoms with van der Waals surface area (Å²) in [6, 6.07) is 11.0. The molecule has 32 heavy (non-hydrogen) atoms.